The zero-order valence-corrected chi connectivity index (χ0v) is 30.9. The van der Waals surface area contributed by atoms with Crippen LogP contribution in [0.1, 0.15) is 0 Å². The molecular weight excluding hydrogens is 703 g/mol. The summed E-state index contributed by atoms with van der Waals surface area (Å²) in [6.07, 6.45) is 0. The van der Waals surface area contributed by atoms with Crippen molar-refractivity contribution in [2.75, 3.05) is 4.90 Å². The Hall–Kier alpha value is -7.14. The molecule has 0 spiro atoms. The SMILES string of the molecule is c1ccc(-c2cccc(N(c3cccc4c3sc3ccccc34)c3cccc4oc5c(-c6ccc7ccccc7c6)c6c(cc5c34)oc3ccccc36)c2)cc1. The molecule has 0 aliphatic rings. The van der Waals surface area contributed by atoms with Crippen LogP contribution in [-0.2, 0) is 0 Å². The monoisotopic (exact) mass is 733 g/mol. The molecule has 56 heavy (non-hydrogen) atoms. The van der Waals surface area contributed by atoms with Gasteiger partial charge in [-0.15, -0.1) is 11.3 Å². The number of anilines is 3. The van der Waals surface area contributed by atoms with Crippen LogP contribution in [0, 0.1) is 0 Å². The third-order valence-corrected chi connectivity index (χ3v) is 12.4. The molecule has 0 aliphatic heterocycles. The number of hydrogen-bond acceptors (Lipinski definition) is 4. The molecule has 0 aliphatic carbocycles. The largest absolute Gasteiger partial charge is 0.456 e. The zero-order chi connectivity index (χ0) is 36.7. The molecule has 0 bridgehead atoms. The van der Waals surface area contributed by atoms with Gasteiger partial charge >= 0.3 is 0 Å². The van der Waals surface area contributed by atoms with Gasteiger partial charge in [-0.05, 0) is 82.1 Å². The van der Waals surface area contributed by atoms with E-state index < -0.39 is 0 Å². The van der Waals surface area contributed by atoms with Gasteiger partial charge in [0.15, 0.2) is 0 Å². The van der Waals surface area contributed by atoms with Crippen molar-refractivity contribution in [2.24, 2.45) is 0 Å². The van der Waals surface area contributed by atoms with Crippen LogP contribution in [0.3, 0.4) is 0 Å². The Labute approximate surface area is 325 Å². The maximum absolute atomic E-state index is 7.10. The standard InChI is InChI=1S/C52H31NO2S/c1-2-13-32(14-3-1)35-17-10-18-37(30-35)53(43-23-11-21-39-38-19-7-9-26-47(38)56-52(39)43)42-22-12-25-45-49(42)41-31-46-50(40-20-6-8-24-44(40)54-46)48(51(41)55-45)36-28-27-33-15-4-5-16-34(33)29-36/h1-31H. The highest BCUT2D eigenvalue weighted by Crippen LogP contribution is 2.51. The first-order valence-electron chi connectivity index (χ1n) is 18.9. The van der Waals surface area contributed by atoms with Crippen LogP contribution in [0.25, 0.3) is 97.1 Å². The Morgan fingerprint density at radius 2 is 1.11 bits per heavy atom. The van der Waals surface area contributed by atoms with Gasteiger partial charge in [-0.3, -0.25) is 0 Å². The second kappa shape index (κ2) is 12.2. The predicted molar refractivity (Wildman–Crippen MR) is 237 cm³/mol. The van der Waals surface area contributed by atoms with E-state index >= 15 is 0 Å². The van der Waals surface area contributed by atoms with Crippen LogP contribution in [0.5, 0.6) is 0 Å². The van der Waals surface area contributed by atoms with Gasteiger partial charge in [0, 0.05) is 42.9 Å². The van der Waals surface area contributed by atoms with Gasteiger partial charge in [-0.2, -0.15) is 0 Å². The van der Waals surface area contributed by atoms with Gasteiger partial charge in [0.25, 0.3) is 0 Å². The average Bonchev–Trinajstić information content (AvgIpc) is 3.95. The molecule has 3 heterocycles. The third-order valence-electron chi connectivity index (χ3n) is 11.2. The maximum atomic E-state index is 7.10. The topological polar surface area (TPSA) is 29.5 Å². The zero-order valence-electron chi connectivity index (χ0n) is 30.1. The average molecular weight is 734 g/mol. The number of para-hydroxylation sites is 1. The molecule has 0 N–H and O–H groups in total. The normalized spacial score (nSPS) is 11.9. The first-order valence-corrected chi connectivity index (χ1v) is 19.7. The van der Waals surface area contributed by atoms with Gasteiger partial charge in [0.1, 0.15) is 22.3 Å². The summed E-state index contributed by atoms with van der Waals surface area (Å²) in [6, 6.07) is 67.1. The van der Waals surface area contributed by atoms with E-state index in [0.29, 0.717) is 0 Å². The van der Waals surface area contributed by atoms with E-state index in [0.717, 1.165) is 77.6 Å². The highest BCUT2D eigenvalue weighted by molar-refractivity contribution is 7.26. The first-order chi connectivity index (χ1) is 27.8. The fourth-order valence-electron chi connectivity index (χ4n) is 8.72. The lowest BCUT2D eigenvalue weighted by atomic mass is 9.94. The minimum atomic E-state index is 0.823. The van der Waals surface area contributed by atoms with Gasteiger partial charge in [-0.1, -0.05) is 133 Å². The summed E-state index contributed by atoms with van der Waals surface area (Å²) in [5, 5.41) is 9.09. The molecule has 0 fully saturated rings. The van der Waals surface area contributed by atoms with Crippen molar-refractivity contribution in [3.63, 3.8) is 0 Å². The number of nitrogens with zero attached hydrogens (tertiary/aromatic N) is 1. The summed E-state index contributed by atoms with van der Waals surface area (Å²) in [4.78, 5) is 2.43. The number of hydrogen-bond donors (Lipinski definition) is 0. The summed E-state index contributed by atoms with van der Waals surface area (Å²) in [5.74, 6) is 0. The van der Waals surface area contributed by atoms with Crippen molar-refractivity contribution in [2.45, 2.75) is 0 Å². The fourth-order valence-corrected chi connectivity index (χ4v) is 9.93. The molecule has 3 aromatic heterocycles. The lowest BCUT2D eigenvalue weighted by Crippen LogP contribution is -2.10. The Morgan fingerprint density at radius 3 is 2.04 bits per heavy atom. The molecule has 262 valence electrons. The molecule has 12 aromatic rings. The van der Waals surface area contributed by atoms with Crippen molar-refractivity contribution >= 4 is 103 Å². The van der Waals surface area contributed by atoms with Gasteiger partial charge in [-0.25, -0.2) is 0 Å². The number of thiophene rings is 1. The molecule has 0 saturated carbocycles. The second-order valence-electron chi connectivity index (χ2n) is 14.4. The smallest absolute Gasteiger partial charge is 0.144 e. The number of rotatable bonds is 5. The van der Waals surface area contributed by atoms with E-state index in [2.05, 4.69) is 187 Å². The summed E-state index contributed by atoms with van der Waals surface area (Å²) in [7, 11) is 0. The minimum absolute atomic E-state index is 0.823. The Kier molecular flexibility index (Phi) is 6.80. The van der Waals surface area contributed by atoms with Crippen molar-refractivity contribution < 1.29 is 8.83 Å². The van der Waals surface area contributed by atoms with Crippen LogP contribution in [-0.4, -0.2) is 0 Å². The molecule has 0 radical (unpaired) electrons. The molecule has 4 heteroatoms. The summed E-state index contributed by atoms with van der Waals surface area (Å²) in [5.41, 5.74) is 11.1. The number of benzene rings is 9. The second-order valence-corrected chi connectivity index (χ2v) is 15.5. The molecular formula is C52H31NO2S. The number of fused-ring (bicyclic) bond motifs is 10. The van der Waals surface area contributed by atoms with E-state index in [-0.39, 0.29) is 0 Å². The summed E-state index contributed by atoms with van der Waals surface area (Å²) >= 11 is 1.84. The van der Waals surface area contributed by atoms with E-state index in [4.69, 9.17) is 8.83 Å². The molecule has 0 atom stereocenters. The highest BCUT2D eigenvalue weighted by atomic mass is 32.1. The van der Waals surface area contributed by atoms with Gasteiger partial charge in [0.05, 0.1) is 21.5 Å². The predicted octanol–water partition coefficient (Wildman–Crippen LogP) is 15.8. The summed E-state index contributed by atoms with van der Waals surface area (Å²) < 4.78 is 16.3. The van der Waals surface area contributed by atoms with Gasteiger partial charge < -0.3 is 13.7 Å². The van der Waals surface area contributed by atoms with Crippen LogP contribution in [0.15, 0.2) is 197 Å². The molecule has 0 amide bonds. The minimum Gasteiger partial charge on any atom is -0.456 e. The first kappa shape index (κ1) is 31.2. The Balaban J connectivity index is 1.20. The molecule has 3 nitrogen and oxygen atoms in total. The van der Waals surface area contributed by atoms with E-state index in [1.807, 2.05) is 17.4 Å². The van der Waals surface area contributed by atoms with Crippen molar-refractivity contribution in [1.82, 2.24) is 0 Å². The Morgan fingerprint density at radius 1 is 0.393 bits per heavy atom. The number of furan rings is 2. The van der Waals surface area contributed by atoms with Crippen molar-refractivity contribution in [3.05, 3.63) is 188 Å². The molecule has 9 aromatic carbocycles. The van der Waals surface area contributed by atoms with Crippen molar-refractivity contribution in [1.29, 1.82) is 0 Å². The van der Waals surface area contributed by atoms with E-state index in [1.165, 1.54) is 36.5 Å². The maximum Gasteiger partial charge on any atom is 0.144 e. The van der Waals surface area contributed by atoms with Gasteiger partial charge in [0.2, 0.25) is 0 Å². The molecule has 0 saturated heterocycles. The fraction of sp³-hybridized carbons (Fsp3) is 0. The van der Waals surface area contributed by atoms with Crippen LogP contribution in [0.2, 0.25) is 0 Å². The van der Waals surface area contributed by atoms with E-state index in [9.17, 15) is 0 Å². The quantitative estimate of drug-likeness (QED) is 0.176. The van der Waals surface area contributed by atoms with Crippen LogP contribution in [0.4, 0.5) is 17.1 Å². The lowest BCUT2D eigenvalue weighted by Gasteiger charge is -2.27. The van der Waals surface area contributed by atoms with E-state index in [1.54, 1.807) is 0 Å². The van der Waals surface area contributed by atoms with Crippen LogP contribution < -0.4 is 4.90 Å². The highest BCUT2D eigenvalue weighted by Gasteiger charge is 2.26. The third kappa shape index (κ3) is 4.70. The van der Waals surface area contributed by atoms with Crippen LogP contribution >= 0.6 is 11.3 Å². The Bertz CT molecular complexity index is 3500. The molecule has 12 rings (SSSR count). The lowest BCUT2D eigenvalue weighted by molar-refractivity contribution is 0.664. The summed E-state index contributed by atoms with van der Waals surface area (Å²) in [6.45, 7) is 0. The molecule has 0 unspecified atom stereocenters. The van der Waals surface area contributed by atoms with Crippen molar-refractivity contribution in [3.8, 4) is 22.3 Å².